The molecule has 3 aliphatic rings. The Balaban J connectivity index is 0.000000387. The van der Waals surface area contributed by atoms with E-state index in [0.29, 0.717) is 29.8 Å². The second kappa shape index (κ2) is 22.5. The van der Waals surface area contributed by atoms with E-state index in [1.807, 2.05) is 47.7 Å². The van der Waals surface area contributed by atoms with Crippen molar-refractivity contribution in [3.8, 4) is 5.75 Å². The van der Waals surface area contributed by atoms with Gasteiger partial charge in [-0.15, -0.1) is 0 Å². The number of rotatable bonds is 12. The van der Waals surface area contributed by atoms with Gasteiger partial charge in [-0.25, -0.2) is 0 Å². The fraction of sp³-hybridized carbons (Fsp3) is 0.561. The van der Waals surface area contributed by atoms with Crippen molar-refractivity contribution in [3.05, 3.63) is 83.0 Å². The number of ether oxygens (including phenoxy) is 1. The quantitative estimate of drug-likeness (QED) is 0.233. The maximum Gasteiger partial charge on any atom is 0.153 e. The topological polar surface area (TPSA) is 58.6 Å². The molecular weight excluding hydrogens is 568 g/mol. The summed E-state index contributed by atoms with van der Waals surface area (Å²) in [5.74, 6) is 2.91. The molecule has 5 nitrogen and oxygen atoms in total. The summed E-state index contributed by atoms with van der Waals surface area (Å²) in [6, 6.07) is 6.32. The van der Waals surface area contributed by atoms with Gasteiger partial charge in [0.25, 0.3) is 0 Å². The molecule has 1 atom stereocenters. The highest BCUT2D eigenvalue weighted by atomic mass is 16.5. The van der Waals surface area contributed by atoms with E-state index in [2.05, 4.69) is 80.1 Å². The highest BCUT2D eigenvalue weighted by molar-refractivity contribution is 5.87. The van der Waals surface area contributed by atoms with Gasteiger partial charge >= 0.3 is 0 Å². The number of para-hydroxylation sites is 1. The molecule has 256 valence electrons. The van der Waals surface area contributed by atoms with Crippen molar-refractivity contribution in [2.45, 2.75) is 106 Å². The van der Waals surface area contributed by atoms with Gasteiger partial charge in [-0.05, 0) is 63.3 Å². The molecule has 2 fully saturated rings. The van der Waals surface area contributed by atoms with Crippen molar-refractivity contribution in [2.75, 3.05) is 33.8 Å². The third-order valence-corrected chi connectivity index (χ3v) is 8.60. The maximum atomic E-state index is 11.7. The van der Waals surface area contributed by atoms with Crippen molar-refractivity contribution < 1.29 is 14.3 Å². The monoisotopic (exact) mass is 632 g/mol. The predicted octanol–water partition coefficient (Wildman–Crippen LogP) is 9.35. The third kappa shape index (κ3) is 13.0. The zero-order valence-electron chi connectivity index (χ0n) is 30.8. The minimum absolute atomic E-state index is 0.0197. The van der Waals surface area contributed by atoms with Crippen molar-refractivity contribution in [1.82, 2.24) is 10.2 Å². The molecule has 1 saturated carbocycles. The highest BCUT2D eigenvalue weighted by Gasteiger charge is 2.27. The summed E-state index contributed by atoms with van der Waals surface area (Å²) in [5, 5.41) is 3.37. The van der Waals surface area contributed by atoms with Crippen LogP contribution in [0.4, 0.5) is 0 Å². The molecule has 1 aromatic rings. The van der Waals surface area contributed by atoms with Crippen LogP contribution in [-0.4, -0.2) is 56.3 Å². The van der Waals surface area contributed by atoms with Crippen LogP contribution < -0.4 is 10.1 Å². The fourth-order valence-corrected chi connectivity index (χ4v) is 5.68. The number of hydrogen-bond donors (Lipinski definition) is 1. The Kier molecular flexibility index (Phi) is 20.1. The lowest BCUT2D eigenvalue weighted by atomic mass is 9.89. The fourth-order valence-electron chi connectivity index (χ4n) is 5.68. The molecular formula is C41H64N2O3. The summed E-state index contributed by atoms with van der Waals surface area (Å²) in [6.45, 7) is 23.5. The summed E-state index contributed by atoms with van der Waals surface area (Å²) in [4.78, 5) is 24.4. The summed E-state index contributed by atoms with van der Waals surface area (Å²) >= 11 is 0. The van der Waals surface area contributed by atoms with E-state index in [1.165, 1.54) is 29.6 Å². The average molecular weight is 633 g/mol. The summed E-state index contributed by atoms with van der Waals surface area (Å²) < 4.78 is 5.66. The lowest BCUT2D eigenvalue weighted by Crippen LogP contribution is -2.42. The number of methoxy groups -OCH3 is 1. The SMILES string of the molecule is C=C/C(=C\C=C(/CCC)C1CNC1)c1cccc(CC)c1OC.CC.CCC(=O)C1C(C)=CC(C)=CCN1C.CCC(=O)C1CC1. The molecule has 0 aromatic heterocycles. The lowest BCUT2D eigenvalue weighted by molar-refractivity contribution is -0.122. The molecule has 2 heterocycles. The number of nitrogens with zero attached hydrogens (tertiary/aromatic N) is 1. The predicted molar refractivity (Wildman–Crippen MR) is 198 cm³/mol. The van der Waals surface area contributed by atoms with Gasteiger partial charge in [-0.1, -0.05) is 114 Å². The number of benzene rings is 1. The van der Waals surface area contributed by atoms with E-state index in [9.17, 15) is 9.59 Å². The van der Waals surface area contributed by atoms with Crippen LogP contribution in [0.15, 0.2) is 71.9 Å². The van der Waals surface area contributed by atoms with E-state index in [-0.39, 0.29) is 6.04 Å². The van der Waals surface area contributed by atoms with Gasteiger partial charge in [-0.3, -0.25) is 14.5 Å². The molecule has 0 amide bonds. The number of Topliss-reactive ketones (excluding diaryl/α,β-unsaturated/α-hetero) is 2. The van der Waals surface area contributed by atoms with Crippen LogP contribution in [0.3, 0.4) is 0 Å². The van der Waals surface area contributed by atoms with Gasteiger partial charge in [0.2, 0.25) is 0 Å². The molecule has 4 rings (SSSR count). The highest BCUT2D eigenvalue weighted by Crippen LogP contribution is 2.32. The molecule has 1 saturated heterocycles. The molecule has 0 spiro atoms. The standard InChI is InChI=1S/C21H29NO.C12H19NO.C6H10O.C2H6/c1-5-9-18(19-14-22-15-19)13-12-16(6-2)20-11-8-10-17(7-3)21(20)23-4;1-5-11(14)12-10(3)8-9(2)6-7-13(12)4;1-2-6(7)5-3-4-5;1-2/h6,8,10-13,19,22H,2,5,7,9,14-15H2,1,3-4H3;6,8,12H,5,7H2,1-4H3;5H,2-4H2,1H3;1-2H3/b16-12+,18-13+;;;. The number of ketones is 2. The molecule has 1 N–H and O–H groups in total. The Morgan fingerprint density at radius 3 is 2.11 bits per heavy atom. The Bertz CT molecular complexity index is 1230. The summed E-state index contributed by atoms with van der Waals surface area (Å²) in [5.41, 5.74) is 7.43. The van der Waals surface area contributed by atoms with Crippen LogP contribution in [0.2, 0.25) is 0 Å². The first-order valence-corrected chi connectivity index (χ1v) is 17.7. The number of carbonyl (C=O) groups is 2. The van der Waals surface area contributed by atoms with Crippen LogP contribution in [0.1, 0.15) is 105 Å². The van der Waals surface area contributed by atoms with Gasteiger partial charge < -0.3 is 10.1 Å². The van der Waals surface area contributed by atoms with Gasteiger partial charge in [0.05, 0.1) is 13.2 Å². The minimum Gasteiger partial charge on any atom is -0.496 e. The maximum absolute atomic E-state index is 11.7. The van der Waals surface area contributed by atoms with Gasteiger partial charge in [0, 0.05) is 49.9 Å². The number of likely N-dealkylation sites (N-methyl/N-ethyl adjacent to an activating group) is 1. The van der Waals surface area contributed by atoms with Gasteiger partial charge in [-0.2, -0.15) is 0 Å². The van der Waals surface area contributed by atoms with Crippen molar-refractivity contribution >= 4 is 17.1 Å². The minimum atomic E-state index is -0.0197. The zero-order valence-corrected chi connectivity index (χ0v) is 30.8. The third-order valence-electron chi connectivity index (χ3n) is 8.60. The first-order chi connectivity index (χ1) is 22.1. The second-order valence-electron chi connectivity index (χ2n) is 12.1. The van der Waals surface area contributed by atoms with Crippen molar-refractivity contribution in [1.29, 1.82) is 0 Å². The first kappa shape index (κ1) is 41.0. The van der Waals surface area contributed by atoms with E-state index in [4.69, 9.17) is 4.74 Å². The summed E-state index contributed by atoms with van der Waals surface area (Å²) in [6.07, 6.45) is 17.7. The Hall–Kier alpha value is -3.02. The first-order valence-electron chi connectivity index (χ1n) is 17.7. The van der Waals surface area contributed by atoms with Crippen molar-refractivity contribution in [2.24, 2.45) is 11.8 Å². The second-order valence-corrected chi connectivity index (χ2v) is 12.1. The van der Waals surface area contributed by atoms with E-state index >= 15 is 0 Å². The van der Waals surface area contributed by atoms with Crippen LogP contribution in [0, 0.1) is 11.8 Å². The Labute approximate surface area is 282 Å². The molecule has 2 aliphatic heterocycles. The molecule has 0 bridgehead atoms. The molecule has 1 aliphatic carbocycles. The van der Waals surface area contributed by atoms with Crippen LogP contribution in [0.25, 0.3) is 5.57 Å². The summed E-state index contributed by atoms with van der Waals surface area (Å²) in [7, 11) is 3.75. The number of aryl methyl sites for hydroxylation is 1. The number of nitrogens with one attached hydrogen (secondary N) is 1. The lowest BCUT2D eigenvalue weighted by Gasteiger charge is -2.29. The number of carbonyl (C=O) groups excluding carboxylic acids is 2. The van der Waals surface area contributed by atoms with E-state index in [0.717, 1.165) is 67.8 Å². The van der Waals surface area contributed by atoms with E-state index in [1.54, 1.807) is 7.11 Å². The molecule has 0 radical (unpaired) electrons. The normalized spacial score (nSPS) is 18.4. The number of allylic oxidation sites excluding steroid dienone is 6. The zero-order chi connectivity index (χ0) is 34.6. The van der Waals surface area contributed by atoms with E-state index < -0.39 is 0 Å². The smallest absolute Gasteiger partial charge is 0.153 e. The molecule has 1 unspecified atom stereocenters. The molecule has 46 heavy (non-hydrogen) atoms. The Morgan fingerprint density at radius 1 is 1.00 bits per heavy atom. The average Bonchev–Trinajstić information content (AvgIpc) is 3.91. The molecule has 1 aromatic carbocycles. The Morgan fingerprint density at radius 2 is 1.65 bits per heavy atom. The van der Waals surface area contributed by atoms with Crippen LogP contribution in [0.5, 0.6) is 5.75 Å². The number of hydrogen-bond acceptors (Lipinski definition) is 5. The largest absolute Gasteiger partial charge is 0.496 e. The van der Waals surface area contributed by atoms with Crippen LogP contribution >= 0.6 is 0 Å². The molecule has 5 heteroatoms. The van der Waals surface area contributed by atoms with Crippen molar-refractivity contribution in [3.63, 3.8) is 0 Å². The van der Waals surface area contributed by atoms with Crippen LogP contribution in [-0.2, 0) is 16.0 Å². The van der Waals surface area contributed by atoms with Gasteiger partial charge in [0.1, 0.15) is 11.5 Å². The van der Waals surface area contributed by atoms with Gasteiger partial charge in [0.15, 0.2) is 5.78 Å².